The Balaban J connectivity index is 2.94. The fraction of sp³-hybridized carbons (Fsp3) is 0.533. The number of nitrogens with one attached hydrogen (secondary N) is 1. The molecule has 0 bridgehead atoms. The summed E-state index contributed by atoms with van der Waals surface area (Å²) in [5, 5.41) is 2.96. The van der Waals surface area contributed by atoms with Crippen LogP contribution >= 0.6 is 15.9 Å². The average Bonchev–Trinajstić information content (AvgIpc) is 2.24. The van der Waals surface area contributed by atoms with Gasteiger partial charge < -0.3 is 10.1 Å². The van der Waals surface area contributed by atoms with Crippen molar-refractivity contribution in [1.29, 1.82) is 0 Å². The minimum Gasteiger partial charge on any atom is -0.361 e. The second-order valence-corrected chi connectivity index (χ2v) is 6.77. The summed E-state index contributed by atoms with van der Waals surface area (Å²) in [5.74, 6) is -0.108. The van der Waals surface area contributed by atoms with E-state index in [0.717, 1.165) is 10.0 Å². The largest absolute Gasteiger partial charge is 0.361 e. The zero-order valence-electron chi connectivity index (χ0n) is 12.2. The van der Waals surface area contributed by atoms with Crippen molar-refractivity contribution in [1.82, 2.24) is 5.32 Å². The van der Waals surface area contributed by atoms with Crippen molar-refractivity contribution in [3.8, 4) is 0 Å². The maximum absolute atomic E-state index is 12.3. The van der Waals surface area contributed by atoms with E-state index in [9.17, 15) is 4.79 Å². The van der Waals surface area contributed by atoms with Crippen LogP contribution < -0.4 is 5.32 Å². The van der Waals surface area contributed by atoms with Crippen LogP contribution in [0.4, 0.5) is 0 Å². The van der Waals surface area contributed by atoms with Crippen molar-refractivity contribution in [3.63, 3.8) is 0 Å². The van der Waals surface area contributed by atoms with Gasteiger partial charge in [0.25, 0.3) is 5.91 Å². The van der Waals surface area contributed by atoms with Gasteiger partial charge in [0.05, 0.1) is 6.10 Å². The SMILES string of the molecule is CC(C)OC(C(=O)NC(C)(C)C)c1ccc(Br)cc1. The predicted molar refractivity (Wildman–Crippen MR) is 81.0 cm³/mol. The van der Waals surface area contributed by atoms with Gasteiger partial charge in [0.2, 0.25) is 0 Å². The monoisotopic (exact) mass is 327 g/mol. The van der Waals surface area contributed by atoms with Crippen LogP contribution in [0.2, 0.25) is 0 Å². The number of rotatable bonds is 4. The van der Waals surface area contributed by atoms with Gasteiger partial charge >= 0.3 is 0 Å². The first kappa shape index (κ1) is 16.2. The maximum Gasteiger partial charge on any atom is 0.254 e. The Morgan fingerprint density at radius 1 is 1.21 bits per heavy atom. The summed E-state index contributed by atoms with van der Waals surface area (Å²) in [6.45, 7) is 9.73. The smallest absolute Gasteiger partial charge is 0.254 e. The topological polar surface area (TPSA) is 38.3 Å². The lowest BCUT2D eigenvalue weighted by atomic mass is 10.1. The molecule has 0 saturated heterocycles. The highest BCUT2D eigenvalue weighted by Gasteiger charge is 2.25. The number of benzene rings is 1. The van der Waals surface area contributed by atoms with E-state index < -0.39 is 6.10 Å². The molecule has 1 atom stereocenters. The first-order valence-corrected chi connectivity index (χ1v) is 7.21. The van der Waals surface area contributed by atoms with Crippen molar-refractivity contribution < 1.29 is 9.53 Å². The van der Waals surface area contributed by atoms with E-state index in [0.29, 0.717) is 0 Å². The van der Waals surface area contributed by atoms with Crippen LogP contribution in [0.3, 0.4) is 0 Å². The van der Waals surface area contributed by atoms with Crippen LogP contribution in [0.5, 0.6) is 0 Å². The highest BCUT2D eigenvalue weighted by Crippen LogP contribution is 2.22. The molecular weight excluding hydrogens is 306 g/mol. The second kappa shape index (κ2) is 6.53. The third kappa shape index (κ3) is 5.74. The molecule has 0 aliphatic rings. The molecule has 0 radical (unpaired) electrons. The Labute approximate surface area is 123 Å². The Kier molecular flexibility index (Phi) is 5.56. The zero-order chi connectivity index (χ0) is 14.6. The quantitative estimate of drug-likeness (QED) is 0.912. The summed E-state index contributed by atoms with van der Waals surface area (Å²) in [4.78, 5) is 12.3. The van der Waals surface area contributed by atoms with E-state index in [-0.39, 0.29) is 17.6 Å². The summed E-state index contributed by atoms with van der Waals surface area (Å²) in [6.07, 6.45) is -0.591. The van der Waals surface area contributed by atoms with Gasteiger partial charge in [-0.2, -0.15) is 0 Å². The molecule has 0 fully saturated rings. The van der Waals surface area contributed by atoms with Crippen LogP contribution in [-0.2, 0) is 9.53 Å². The lowest BCUT2D eigenvalue weighted by Crippen LogP contribution is -2.44. The Morgan fingerprint density at radius 2 is 1.74 bits per heavy atom. The maximum atomic E-state index is 12.3. The average molecular weight is 328 g/mol. The second-order valence-electron chi connectivity index (χ2n) is 5.86. The number of carbonyl (C=O) groups excluding carboxylic acids is 1. The molecule has 1 aromatic rings. The van der Waals surface area contributed by atoms with Crippen LogP contribution in [0, 0.1) is 0 Å². The number of hydrogen-bond acceptors (Lipinski definition) is 2. The Morgan fingerprint density at radius 3 is 2.16 bits per heavy atom. The van der Waals surface area contributed by atoms with Gasteiger partial charge in [-0.05, 0) is 52.3 Å². The molecule has 3 nitrogen and oxygen atoms in total. The Bertz CT molecular complexity index is 421. The highest BCUT2D eigenvalue weighted by atomic mass is 79.9. The van der Waals surface area contributed by atoms with E-state index in [1.165, 1.54) is 0 Å². The molecule has 0 spiro atoms. The molecular formula is C15H22BrNO2. The normalized spacial score (nSPS) is 13.4. The van der Waals surface area contributed by atoms with Crippen molar-refractivity contribution in [3.05, 3.63) is 34.3 Å². The van der Waals surface area contributed by atoms with Crippen LogP contribution in [0.25, 0.3) is 0 Å². The van der Waals surface area contributed by atoms with Gasteiger partial charge in [0.1, 0.15) is 0 Å². The van der Waals surface area contributed by atoms with E-state index in [1.807, 2.05) is 58.9 Å². The molecule has 19 heavy (non-hydrogen) atoms. The molecule has 0 aromatic heterocycles. The van der Waals surface area contributed by atoms with E-state index in [4.69, 9.17) is 4.74 Å². The number of carbonyl (C=O) groups is 1. The highest BCUT2D eigenvalue weighted by molar-refractivity contribution is 9.10. The summed E-state index contributed by atoms with van der Waals surface area (Å²) in [7, 11) is 0. The molecule has 0 aliphatic heterocycles. The number of halogens is 1. The molecule has 1 N–H and O–H groups in total. The van der Waals surface area contributed by atoms with Gasteiger partial charge in [-0.15, -0.1) is 0 Å². The zero-order valence-corrected chi connectivity index (χ0v) is 13.7. The Hall–Kier alpha value is -0.870. The van der Waals surface area contributed by atoms with Crippen LogP contribution in [0.1, 0.15) is 46.3 Å². The molecule has 1 aromatic carbocycles. The lowest BCUT2D eigenvalue weighted by molar-refractivity contribution is -0.137. The first-order valence-electron chi connectivity index (χ1n) is 6.42. The van der Waals surface area contributed by atoms with Crippen LogP contribution in [-0.4, -0.2) is 17.6 Å². The summed E-state index contributed by atoms with van der Waals surface area (Å²) < 4.78 is 6.74. The summed E-state index contributed by atoms with van der Waals surface area (Å²) in [6, 6.07) is 7.63. The van der Waals surface area contributed by atoms with Gasteiger partial charge in [-0.25, -0.2) is 0 Å². The van der Waals surface area contributed by atoms with Crippen molar-refractivity contribution in [2.45, 2.75) is 52.4 Å². The lowest BCUT2D eigenvalue weighted by Gasteiger charge is -2.26. The molecule has 0 saturated carbocycles. The molecule has 106 valence electrons. The first-order chi connectivity index (χ1) is 8.69. The van der Waals surface area contributed by atoms with Gasteiger partial charge in [0.15, 0.2) is 6.10 Å². The molecule has 1 amide bonds. The predicted octanol–water partition coefficient (Wildman–Crippen LogP) is 3.83. The van der Waals surface area contributed by atoms with Crippen molar-refractivity contribution in [2.75, 3.05) is 0 Å². The van der Waals surface area contributed by atoms with E-state index in [1.54, 1.807) is 0 Å². The number of ether oxygens (including phenoxy) is 1. The molecule has 1 rings (SSSR count). The van der Waals surface area contributed by atoms with Gasteiger partial charge in [-0.1, -0.05) is 28.1 Å². The molecule has 1 unspecified atom stereocenters. The number of hydrogen-bond donors (Lipinski definition) is 1. The van der Waals surface area contributed by atoms with E-state index >= 15 is 0 Å². The minimum absolute atomic E-state index is 0.0145. The van der Waals surface area contributed by atoms with Crippen molar-refractivity contribution >= 4 is 21.8 Å². The minimum atomic E-state index is -0.577. The third-order valence-electron chi connectivity index (χ3n) is 2.32. The van der Waals surface area contributed by atoms with Gasteiger partial charge in [0, 0.05) is 10.0 Å². The number of amides is 1. The third-order valence-corrected chi connectivity index (χ3v) is 2.85. The fourth-order valence-corrected chi connectivity index (χ4v) is 1.90. The standard InChI is InChI=1S/C15H22BrNO2/c1-10(2)19-13(14(18)17-15(3,4)5)11-6-8-12(16)9-7-11/h6-10,13H,1-5H3,(H,17,18). The molecule has 4 heteroatoms. The molecule has 0 heterocycles. The van der Waals surface area contributed by atoms with Crippen molar-refractivity contribution in [2.24, 2.45) is 0 Å². The van der Waals surface area contributed by atoms with Gasteiger partial charge in [-0.3, -0.25) is 4.79 Å². The summed E-state index contributed by atoms with van der Waals surface area (Å²) >= 11 is 3.39. The summed E-state index contributed by atoms with van der Waals surface area (Å²) in [5.41, 5.74) is 0.587. The fourth-order valence-electron chi connectivity index (χ4n) is 1.64. The van der Waals surface area contributed by atoms with E-state index in [2.05, 4.69) is 21.2 Å². The molecule has 0 aliphatic carbocycles. The van der Waals surface area contributed by atoms with Crippen LogP contribution in [0.15, 0.2) is 28.7 Å².